The molecule has 0 aliphatic heterocycles. The van der Waals surface area contributed by atoms with Gasteiger partial charge in [0.05, 0.1) is 10.6 Å². The number of hydrogen-bond acceptors (Lipinski definition) is 4. The average molecular weight is 317 g/mol. The van der Waals surface area contributed by atoms with Crippen LogP contribution in [0.3, 0.4) is 0 Å². The molecule has 0 aliphatic carbocycles. The molecule has 2 N–H and O–H groups in total. The minimum Gasteiger partial charge on any atom is -0.478 e. The molecule has 2 rings (SSSR count). The summed E-state index contributed by atoms with van der Waals surface area (Å²) in [7, 11) is 0. The van der Waals surface area contributed by atoms with Crippen molar-refractivity contribution in [2.24, 2.45) is 0 Å². The second kappa shape index (κ2) is 5.56. The largest absolute Gasteiger partial charge is 0.478 e. The minimum absolute atomic E-state index is 0.0106. The number of aromatic carboxylic acids is 1. The fraction of sp³-hybridized carbons (Fsp3) is 0. The number of carboxylic acid groups (broad SMARTS) is 1. The fourth-order valence-electron chi connectivity index (χ4n) is 1.31. The van der Waals surface area contributed by atoms with Gasteiger partial charge in [-0.3, -0.25) is 4.79 Å². The summed E-state index contributed by atoms with van der Waals surface area (Å²) in [5.41, 5.74) is -0.0459. The zero-order valence-electron chi connectivity index (χ0n) is 9.18. The summed E-state index contributed by atoms with van der Waals surface area (Å²) in [6.07, 6.45) is 0. The van der Waals surface area contributed by atoms with E-state index in [4.69, 9.17) is 28.3 Å². The van der Waals surface area contributed by atoms with E-state index in [0.29, 0.717) is 0 Å². The van der Waals surface area contributed by atoms with Crippen molar-refractivity contribution in [1.29, 1.82) is 0 Å². The second-order valence-electron chi connectivity index (χ2n) is 3.39. The Morgan fingerprint density at radius 1 is 1.26 bits per heavy atom. The van der Waals surface area contributed by atoms with Gasteiger partial charge >= 0.3 is 5.97 Å². The third kappa shape index (κ3) is 3.04. The highest BCUT2D eigenvalue weighted by atomic mass is 35.5. The van der Waals surface area contributed by atoms with Crippen molar-refractivity contribution in [3.05, 3.63) is 45.0 Å². The van der Waals surface area contributed by atoms with Crippen molar-refractivity contribution in [1.82, 2.24) is 4.98 Å². The number of thiophene rings is 1. The number of nitrogens with one attached hydrogen (secondary N) is 1. The second-order valence-corrected chi connectivity index (χ2v) is 5.10. The predicted octanol–water partition coefficient (Wildman–Crippen LogP) is 3.40. The van der Waals surface area contributed by atoms with Gasteiger partial charge in [0.2, 0.25) is 0 Å². The van der Waals surface area contributed by atoms with Gasteiger partial charge in [-0.1, -0.05) is 23.2 Å². The number of aromatic nitrogens is 1. The Morgan fingerprint density at radius 3 is 2.68 bits per heavy atom. The molecule has 0 unspecified atom stereocenters. The molecule has 0 aromatic carbocycles. The number of anilines is 1. The maximum absolute atomic E-state index is 12.0. The lowest BCUT2D eigenvalue weighted by Crippen LogP contribution is -2.15. The van der Waals surface area contributed by atoms with Crippen LogP contribution in [0, 0.1) is 0 Å². The Labute approximate surface area is 121 Å². The van der Waals surface area contributed by atoms with Gasteiger partial charge in [0, 0.05) is 0 Å². The smallest absolute Gasteiger partial charge is 0.338 e. The number of rotatable bonds is 3. The van der Waals surface area contributed by atoms with E-state index in [0.717, 1.165) is 11.3 Å². The lowest BCUT2D eigenvalue weighted by atomic mass is 10.3. The lowest BCUT2D eigenvalue weighted by Gasteiger charge is -2.05. The molecular formula is C11H6Cl2N2O3S. The Balaban J connectivity index is 2.28. The Bertz CT molecular complexity index is 657. The van der Waals surface area contributed by atoms with Gasteiger partial charge in [-0.2, -0.15) is 0 Å². The van der Waals surface area contributed by atoms with Crippen molar-refractivity contribution in [3.63, 3.8) is 0 Å². The summed E-state index contributed by atoms with van der Waals surface area (Å²) in [6.45, 7) is 0. The van der Waals surface area contributed by atoms with E-state index >= 15 is 0 Å². The molecule has 2 heterocycles. The third-order valence-electron chi connectivity index (χ3n) is 2.15. The van der Waals surface area contributed by atoms with Gasteiger partial charge in [-0.15, -0.1) is 11.3 Å². The zero-order chi connectivity index (χ0) is 14.0. The van der Waals surface area contributed by atoms with E-state index in [-0.39, 0.29) is 26.4 Å². The number of nitrogens with zero attached hydrogens (tertiary/aromatic N) is 1. The predicted molar refractivity (Wildman–Crippen MR) is 73.5 cm³/mol. The number of halogens is 2. The zero-order valence-corrected chi connectivity index (χ0v) is 11.5. The highest BCUT2D eigenvalue weighted by molar-refractivity contribution is 7.14. The van der Waals surface area contributed by atoms with Gasteiger partial charge < -0.3 is 10.4 Å². The summed E-state index contributed by atoms with van der Waals surface area (Å²) in [5.74, 6) is -1.74. The van der Waals surface area contributed by atoms with E-state index in [1.165, 1.54) is 18.2 Å². The molecule has 0 bridgehead atoms. The quantitative estimate of drug-likeness (QED) is 0.850. The Morgan fingerprint density at radius 2 is 2.00 bits per heavy atom. The Kier molecular flexibility index (Phi) is 4.04. The maximum Gasteiger partial charge on any atom is 0.338 e. The Hall–Kier alpha value is -1.63. The topological polar surface area (TPSA) is 79.3 Å². The molecule has 0 radical (unpaired) electrons. The molecule has 0 atom stereocenters. The number of amides is 1. The highest BCUT2D eigenvalue weighted by Crippen LogP contribution is 2.25. The van der Waals surface area contributed by atoms with Gasteiger partial charge in [0.1, 0.15) is 15.8 Å². The van der Waals surface area contributed by atoms with Gasteiger partial charge in [0.15, 0.2) is 0 Å². The summed E-state index contributed by atoms with van der Waals surface area (Å²) < 4.78 is 0. The van der Waals surface area contributed by atoms with E-state index in [1.807, 2.05) is 0 Å². The summed E-state index contributed by atoms with van der Waals surface area (Å²) in [5, 5.41) is 13.4. The number of pyridine rings is 1. The van der Waals surface area contributed by atoms with Crippen molar-refractivity contribution in [2.75, 3.05) is 5.32 Å². The normalized spacial score (nSPS) is 10.2. The van der Waals surface area contributed by atoms with Crippen LogP contribution in [0.1, 0.15) is 20.8 Å². The van der Waals surface area contributed by atoms with Crippen molar-refractivity contribution < 1.29 is 14.7 Å². The maximum atomic E-state index is 12.0. The molecule has 2 aromatic rings. The van der Waals surface area contributed by atoms with Crippen molar-refractivity contribution in [3.8, 4) is 0 Å². The molecule has 0 aliphatic rings. The molecule has 0 saturated heterocycles. The molecule has 19 heavy (non-hydrogen) atoms. The standard InChI is InChI=1S/C11H6Cl2N2O3S/c12-6-1-2-7(13)14-8(6)9(16)15-10-5(11(17)18)3-4-19-10/h1-4H,(H,15,16)(H,17,18). The van der Waals surface area contributed by atoms with Crippen LogP contribution in [-0.2, 0) is 0 Å². The molecule has 2 aromatic heterocycles. The van der Waals surface area contributed by atoms with Crippen molar-refractivity contribution in [2.45, 2.75) is 0 Å². The van der Waals surface area contributed by atoms with Crippen LogP contribution in [-0.4, -0.2) is 22.0 Å². The highest BCUT2D eigenvalue weighted by Gasteiger charge is 2.18. The fourth-order valence-corrected chi connectivity index (χ4v) is 2.43. The van der Waals surface area contributed by atoms with Crippen LogP contribution < -0.4 is 5.32 Å². The molecule has 1 amide bonds. The first-order valence-corrected chi connectivity index (χ1v) is 6.57. The van der Waals surface area contributed by atoms with Crippen molar-refractivity contribution >= 4 is 51.4 Å². The van der Waals surface area contributed by atoms with E-state index in [9.17, 15) is 9.59 Å². The van der Waals surface area contributed by atoms with Crippen LogP contribution in [0.15, 0.2) is 23.6 Å². The number of hydrogen-bond donors (Lipinski definition) is 2. The molecule has 0 fully saturated rings. The number of carbonyl (C=O) groups is 2. The summed E-state index contributed by atoms with van der Waals surface area (Å²) >= 11 is 12.6. The third-order valence-corrected chi connectivity index (χ3v) is 3.50. The first-order valence-electron chi connectivity index (χ1n) is 4.93. The van der Waals surface area contributed by atoms with Gasteiger partial charge in [-0.25, -0.2) is 9.78 Å². The molecule has 8 heteroatoms. The van der Waals surface area contributed by atoms with Crippen LogP contribution in [0.5, 0.6) is 0 Å². The average Bonchev–Trinajstić information content (AvgIpc) is 2.80. The minimum atomic E-state index is -1.12. The monoisotopic (exact) mass is 316 g/mol. The van der Waals surface area contributed by atoms with Gasteiger partial charge in [-0.05, 0) is 23.6 Å². The van der Waals surface area contributed by atoms with Crippen LogP contribution in [0.4, 0.5) is 5.00 Å². The molecule has 0 saturated carbocycles. The molecular weight excluding hydrogens is 311 g/mol. The number of carboxylic acids is 1. The molecule has 5 nitrogen and oxygen atoms in total. The van der Waals surface area contributed by atoms with E-state index in [1.54, 1.807) is 5.38 Å². The van der Waals surface area contributed by atoms with Gasteiger partial charge in [0.25, 0.3) is 5.91 Å². The first-order chi connectivity index (χ1) is 8.99. The molecule has 98 valence electrons. The van der Waals surface area contributed by atoms with Crippen LogP contribution in [0.2, 0.25) is 10.2 Å². The van der Waals surface area contributed by atoms with E-state index in [2.05, 4.69) is 10.3 Å². The van der Waals surface area contributed by atoms with E-state index < -0.39 is 11.9 Å². The van der Waals surface area contributed by atoms with Crippen LogP contribution >= 0.6 is 34.5 Å². The number of carbonyl (C=O) groups excluding carboxylic acids is 1. The summed E-state index contributed by atoms with van der Waals surface area (Å²) in [6, 6.07) is 4.29. The molecule has 0 spiro atoms. The van der Waals surface area contributed by atoms with Crippen LogP contribution in [0.25, 0.3) is 0 Å². The lowest BCUT2D eigenvalue weighted by molar-refractivity contribution is 0.0698. The SMILES string of the molecule is O=C(O)c1ccsc1NC(=O)c1nc(Cl)ccc1Cl. The summed E-state index contributed by atoms with van der Waals surface area (Å²) in [4.78, 5) is 26.7. The first kappa shape index (κ1) is 13.8.